The van der Waals surface area contributed by atoms with Crippen LogP contribution in [0.5, 0.6) is 0 Å². The molecule has 2 rings (SSSR count). The van der Waals surface area contributed by atoms with E-state index in [1.54, 1.807) is 0 Å². The van der Waals surface area contributed by atoms with E-state index >= 15 is 0 Å². The zero-order chi connectivity index (χ0) is 11.4. The Labute approximate surface area is 96.7 Å². The fraction of sp³-hybridized carbons (Fsp3) is 0.357. The largest absolute Gasteiger partial charge is 0.310 e. The molecule has 1 heterocycles. The molecule has 0 saturated heterocycles. The van der Waals surface area contributed by atoms with Crippen LogP contribution >= 0.6 is 0 Å². The first-order valence-corrected chi connectivity index (χ1v) is 5.93. The van der Waals surface area contributed by atoms with Crippen molar-refractivity contribution < 1.29 is 0 Å². The Morgan fingerprint density at radius 3 is 2.75 bits per heavy atom. The maximum absolute atomic E-state index is 4.49. The Bertz CT molecular complexity index is 460. The Morgan fingerprint density at radius 1 is 1.19 bits per heavy atom. The third-order valence-corrected chi connectivity index (χ3v) is 2.90. The van der Waals surface area contributed by atoms with Gasteiger partial charge in [-0.3, -0.25) is 4.98 Å². The van der Waals surface area contributed by atoms with Crippen molar-refractivity contribution in [3.63, 3.8) is 0 Å². The smallest absolute Gasteiger partial charge is 0.0749 e. The van der Waals surface area contributed by atoms with Crippen LogP contribution in [0.3, 0.4) is 0 Å². The Hall–Kier alpha value is -1.41. The zero-order valence-corrected chi connectivity index (χ0v) is 9.90. The molecule has 2 nitrogen and oxygen atoms in total. The van der Waals surface area contributed by atoms with Crippen LogP contribution in [0.1, 0.15) is 31.9 Å². The number of rotatable bonds is 4. The summed E-state index contributed by atoms with van der Waals surface area (Å²) in [6.45, 7) is 5.33. The van der Waals surface area contributed by atoms with E-state index in [4.69, 9.17) is 0 Å². The predicted octanol–water partition coefficient (Wildman–Crippen LogP) is 3.30. The van der Waals surface area contributed by atoms with E-state index in [1.807, 2.05) is 12.3 Å². The maximum atomic E-state index is 4.49. The van der Waals surface area contributed by atoms with E-state index in [0.717, 1.165) is 18.5 Å². The van der Waals surface area contributed by atoms with Crippen LogP contribution in [0.25, 0.3) is 10.9 Å². The molecular formula is C14H18N2. The lowest BCUT2D eigenvalue weighted by atomic mass is 10.0. The number of aromatic nitrogens is 1. The predicted molar refractivity (Wildman–Crippen MR) is 68.5 cm³/mol. The van der Waals surface area contributed by atoms with Gasteiger partial charge >= 0.3 is 0 Å². The van der Waals surface area contributed by atoms with Gasteiger partial charge in [-0.15, -0.1) is 0 Å². The van der Waals surface area contributed by atoms with Gasteiger partial charge in [0.05, 0.1) is 5.52 Å². The Kier molecular flexibility index (Phi) is 3.52. The van der Waals surface area contributed by atoms with Crippen molar-refractivity contribution in [2.24, 2.45) is 0 Å². The van der Waals surface area contributed by atoms with E-state index in [2.05, 4.69) is 48.4 Å². The third kappa shape index (κ3) is 2.07. The minimum atomic E-state index is 0.406. The number of benzene rings is 1. The fourth-order valence-electron chi connectivity index (χ4n) is 2.13. The standard InChI is InChI=1S/C14H18N2/c1-3-13(15-4-2)12-9-5-7-11-8-6-10-16-14(11)12/h5-10,13,15H,3-4H2,1-2H3. The van der Waals surface area contributed by atoms with Crippen LogP contribution in [-0.2, 0) is 0 Å². The molecule has 1 N–H and O–H groups in total. The lowest BCUT2D eigenvalue weighted by Crippen LogP contribution is -2.20. The summed E-state index contributed by atoms with van der Waals surface area (Å²) in [6.07, 6.45) is 2.95. The molecular weight excluding hydrogens is 196 g/mol. The van der Waals surface area contributed by atoms with Crippen LogP contribution in [0.2, 0.25) is 0 Å². The van der Waals surface area contributed by atoms with Crippen LogP contribution in [-0.4, -0.2) is 11.5 Å². The van der Waals surface area contributed by atoms with Gasteiger partial charge in [-0.05, 0) is 24.6 Å². The molecule has 0 bridgehead atoms. The molecule has 0 saturated carbocycles. The molecule has 0 aliphatic rings. The SMILES string of the molecule is CCNC(CC)c1cccc2cccnc12. The molecule has 1 aromatic heterocycles. The molecule has 84 valence electrons. The summed E-state index contributed by atoms with van der Waals surface area (Å²) in [4.78, 5) is 4.49. The van der Waals surface area contributed by atoms with E-state index in [0.29, 0.717) is 6.04 Å². The van der Waals surface area contributed by atoms with Gasteiger partial charge in [0.25, 0.3) is 0 Å². The molecule has 1 unspecified atom stereocenters. The first-order valence-electron chi connectivity index (χ1n) is 5.93. The van der Waals surface area contributed by atoms with Crippen LogP contribution in [0.4, 0.5) is 0 Å². The average Bonchev–Trinajstić information content (AvgIpc) is 2.35. The van der Waals surface area contributed by atoms with Crippen molar-refractivity contribution in [1.29, 1.82) is 0 Å². The molecule has 1 atom stereocenters. The summed E-state index contributed by atoms with van der Waals surface area (Å²) in [5, 5.41) is 4.72. The Balaban J connectivity index is 2.50. The summed E-state index contributed by atoms with van der Waals surface area (Å²) in [6, 6.07) is 10.9. The summed E-state index contributed by atoms with van der Waals surface area (Å²) in [5.74, 6) is 0. The second-order valence-electron chi connectivity index (χ2n) is 3.94. The summed E-state index contributed by atoms with van der Waals surface area (Å²) in [7, 11) is 0. The number of nitrogens with zero attached hydrogens (tertiary/aromatic N) is 1. The molecule has 16 heavy (non-hydrogen) atoms. The zero-order valence-electron chi connectivity index (χ0n) is 9.90. The normalized spacial score (nSPS) is 12.9. The third-order valence-electron chi connectivity index (χ3n) is 2.90. The lowest BCUT2D eigenvalue weighted by molar-refractivity contribution is 0.540. The highest BCUT2D eigenvalue weighted by atomic mass is 14.9. The number of hydrogen-bond acceptors (Lipinski definition) is 2. The molecule has 1 aromatic carbocycles. The first-order chi connectivity index (χ1) is 7.86. The molecule has 2 heteroatoms. The molecule has 0 radical (unpaired) electrons. The molecule has 0 aliphatic heterocycles. The van der Waals surface area contributed by atoms with Gasteiger partial charge in [-0.2, -0.15) is 0 Å². The van der Waals surface area contributed by atoms with E-state index in [-0.39, 0.29) is 0 Å². The molecule has 0 aliphatic carbocycles. The monoisotopic (exact) mass is 214 g/mol. The molecule has 0 fully saturated rings. The van der Waals surface area contributed by atoms with E-state index in [9.17, 15) is 0 Å². The topological polar surface area (TPSA) is 24.9 Å². The highest BCUT2D eigenvalue weighted by molar-refractivity contribution is 5.81. The maximum Gasteiger partial charge on any atom is 0.0749 e. The minimum Gasteiger partial charge on any atom is -0.310 e. The van der Waals surface area contributed by atoms with Crippen LogP contribution in [0.15, 0.2) is 36.5 Å². The van der Waals surface area contributed by atoms with Crippen molar-refractivity contribution in [1.82, 2.24) is 10.3 Å². The van der Waals surface area contributed by atoms with Gasteiger partial charge in [-0.1, -0.05) is 38.1 Å². The van der Waals surface area contributed by atoms with Crippen molar-refractivity contribution in [2.45, 2.75) is 26.3 Å². The summed E-state index contributed by atoms with van der Waals surface area (Å²) >= 11 is 0. The van der Waals surface area contributed by atoms with Gasteiger partial charge < -0.3 is 5.32 Å². The lowest BCUT2D eigenvalue weighted by Gasteiger charge is -2.17. The van der Waals surface area contributed by atoms with Gasteiger partial charge in [0.15, 0.2) is 0 Å². The van der Waals surface area contributed by atoms with Gasteiger partial charge in [0, 0.05) is 17.6 Å². The van der Waals surface area contributed by atoms with Crippen LogP contribution in [0, 0.1) is 0 Å². The van der Waals surface area contributed by atoms with Crippen molar-refractivity contribution >= 4 is 10.9 Å². The van der Waals surface area contributed by atoms with Gasteiger partial charge in [0.2, 0.25) is 0 Å². The fourth-order valence-corrected chi connectivity index (χ4v) is 2.13. The Morgan fingerprint density at radius 2 is 2.00 bits per heavy atom. The van der Waals surface area contributed by atoms with Crippen LogP contribution < -0.4 is 5.32 Å². The number of nitrogens with one attached hydrogen (secondary N) is 1. The second-order valence-corrected chi connectivity index (χ2v) is 3.94. The van der Waals surface area contributed by atoms with Crippen molar-refractivity contribution in [3.05, 3.63) is 42.1 Å². The highest BCUT2D eigenvalue weighted by Gasteiger charge is 2.11. The number of fused-ring (bicyclic) bond motifs is 1. The summed E-state index contributed by atoms with van der Waals surface area (Å²) < 4.78 is 0. The van der Waals surface area contributed by atoms with Crippen molar-refractivity contribution in [3.8, 4) is 0 Å². The quantitative estimate of drug-likeness (QED) is 0.844. The second kappa shape index (κ2) is 5.08. The highest BCUT2D eigenvalue weighted by Crippen LogP contribution is 2.24. The first kappa shape index (κ1) is 11.1. The number of hydrogen-bond donors (Lipinski definition) is 1. The van der Waals surface area contributed by atoms with Gasteiger partial charge in [0.1, 0.15) is 0 Å². The van der Waals surface area contributed by atoms with Gasteiger partial charge in [-0.25, -0.2) is 0 Å². The minimum absolute atomic E-state index is 0.406. The number of para-hydroxylation sites is 1. The average molecular weight is 214 g/mol. The van der Waals surface area contributed by atoms with Crippen molar-refractivity contribution in [2.75, 3.05) is 6.54 Å². The summed E-state index contributed by atoms with van der Waals surface area (Å²) in [5.41, 5.74) is 2.43. The number of pyridine rings is 1. The van der Waals surface area contributed by atoms with E-state index < -0.39 is 0 Å². The molecule has 0 spiro atoms. The molecule has 0 amide bonds. The molecule has 2 aromatic rings. The van der Waals surface area contributed by atoms with E-state index in [1.165, 1.54) is 10.9 Å².